The van der Waals surface area contributed by atoms with Crippen molar-refractivity contribution in [3.63, 3.8) is 0 Å². The summed E-state index contributed by atoms with van der Waals surface area (Å²) in [5.74, 6) is 0.525. The average molecular weight is 347 g/mol. The van der Waals surface area contributed by atoms with Crippen LogP contribution in [0.5, 0.6) is 0 Å². The summed E-state index contributed by atoms with van der Waals surface area (Å²) in [5.41, 5.74) is 3.49. The van der Waals surface area contributed by atoms with Crippen LogP contribution in [0.4, 0.5) is 5.69 Å². The third kappa shape index (κ3) is 4.74. The van der Waals surface area contributed by atoms with E-state index in [1.807, 2.05) is 67.6 Å². The van der Waals surface area contributed by atoms with Gasteiger partial charge in [-0.25, -0.2) is 9.97 Å². The Kier molecular flexibility index (Phi) is 5.71. The van der Waals surface area contributed by atoms with E-state index in [9.17, 15) is 4.79 Å². The van der Waals surface area contributed by atoms with E-state index in [4.69, 9.17) is 4.74 Å². The van der Waals surface area contributed by atoms with Crippen molar-refractivity contribution in [1.29, 1.82) is 0 Å². The summed E-state index contributed by atoms with van der Waals surface area (Å²) in [6, 6.07) is 19.2. The largest absolute Gasteiger partial charge is 0.364 e. The van der Waals surface area contributed by atoms with Gasteiger partial charge in [0.15, 0.2) is 0 Å². The lowest BCUT2D eigenvalue weighted by Gasteiger charge is -2.14. The molecule has 26 heavy (non-hydrogen) atoms. The van der Waals surface area contributed by atoms with Crippen LogP contribution in [0.15, 0.2) is 66.9 Å². The van der Waals surface area contributed by atoms with Gasteiger partial charge in [-0.05, 0) is 37.6 Å². The van der Waals surface area contributed by atoms with Crippen LogP contribution in [0.25, 0.3) is 11.3 Å². The molecule has 0 fully saturated rings. The Balaban J connectivity index is 1.63. The van der Waals surface area contributed by atoms with Crippen LogP contribution in [0.2, 0.25) is 0 Å². The van der Waals surface area contributed by atoms with Crippen LogP contribution in [-0.4, -0.2) is 22.0 Å². The van der Waals surface area contributed by atoms with E-state index in [1.165, 1.54) is 0 Å². The Morgan fingerprint density at radius 3 is 2.69 bits per heavy atom. The number of anilines is 1. The molecule has 132 valence electrons. The number of carbonyl (C=O) groups is 1. The zero-order valence-electron chi connectivity index (χ0n) is 14.8. The second kappa shape index (κ2) is 8.36. The molecule has 0 radical (unpaired) electrons. The fourth-order valence-electron chi connectivity index (χ4n) is 2.49. The van der Waals surface area contributed by atoms with Crippen molar-refractivity contribution >= 4 is 11.6 Å². The average Bonchev–Trinajstić information content (AvgIpc) is 2.67. The van der Waals surface area contributed by atoms with E-state index in [0.717, 1.165) is 16.8 Å². The van der Waals surface area contributed by atoms with Gasteiger partial charge >= 0.3 is 0 Å². The molecule has 5 nitrogen and oxygen atoms in total. The van der Waals surface area contributed by atoms with E-state index in [0.29, 0.717) is 18.1 Å². The molecule has 1 aromatic heterocycles. The van der Waals surface area contributed by atoms with Crippen LogP contribution >= 0.6 is 0 Å². The van der Waals surface area contributed by atoms with Gasteiger partial charge in [-0.1, -0.05) is 42.5 Å². The molecule has 0 aliphatic carbocycles. The number of nitrogens with zero attached hydrogens (tertiary/aromatic N) is 2. The number of aromatic nitrogens is 2. The van der Waals surface area contributed by atoms with Gasteiger partial charge in [-0.2, -0.15) is 0 Å². The smallest absolute Gasteiger partial charge is 0.253 e. The quantitative estimate of drug-likeness (QED) is 0.732. The molecule has 0 saturated heterocycles. The first kappa shape index (κ1) is 17.8. The minimum absolute atomic E-state index is 0.183. The number of rotatable bonds is 6. The number of ether oxygens (including phenoxy) is 1. The lowest BCUT2D eigenvalue weighted by molar-refractivity contribution is -0.127. The number of hydrogen-bond donors (Lipinski definition) is 1. The topological polar surface area (TPSA) is 64.1 Å². The predicted octanol–water partition coefficient (Wildman–Crippen LogP) is 4.00. The molecule has 3 aromatic rings. The maximum Gasteiger partial charge on any atom is 0.253 e. The second-order valence-electron chi connectivity index (χ2n) is 6.00. The summed E-state index contributed by atoms with van der Waals surface area (Å²) in [6.45, 7) is 3.99. The van der Waals surface area contributed by atoms with Crippen molar-refractivity contribution in [2.45, 2.75) is 26.6 Å². The molecular formula is C21H21N3O2. The zero-order chi connectivity index (χ0) is 18.4. The first-order valence-corrected chi connectivity index (χ1v) is 8.48. The number of amides is 1. The summed E-state index contributed by atoms with van der Waals surface area (Å²) in [6.07, 6.45) is 1.17. The number of benzene rings is 2. The lowest BCUT2D eigenvalue weighted by atomic mass is 10.1. The minimum atomic E-state index is -0.555. The Morgan fingerprint density at radius 1 is 1.12 bits per heavy atom. The molecule has 2 aromatic carbocycles. The maximum absolute atomic E-state index is 12.4. The molecular weight excluding hydrogens is 326 g/mol. The predicted molar refractivity (Wildman–Crippen MR) is 102 cm³/mol. The van der Waals surface area contributed by atoms with Crippen LogP contribution < -0.4 is 5.32 Å². The molecule has 0 saturated carbocycles. The van der Waals surface area contributed by atoms with E-state index in [2.05, 4.69) is 15.3 Å². The molecule has 0 aliphatic rings. The van der Waals surface area contributed by atoms with E-state index < -0.39 is 6.10 Å². The molecule has 5 heteroatoms. The number of aryl methyl sites for hydroxylation is 1. The molecule has 1 N–H and O–H groups in total. The summed E-state index contributed by atoms with van der Waals surface area (Å²) < 4.78 is 5.66. The summed E-state index contributed by atoms with van der Waals surface area (Å²) in [5, 5.41) is 2.90. The lowest BCUT2D eigenvalue weighted by Crippen LogP contribution is -2.27. The molecule has 0 bridgehead atoms. The van der Waals surface area contributed by atoms with Gasteiger partial charge in [-0.15, -0.1) is 0 Å². The summed E-state index contributed by atoms with van der Waals surface area (Å²) >= 11 is 0. The van der Waals surface area contributed by atoms with Gasteiger partial charge in [0.25, 0.3) is 5.91 Å². The molecule has 3 rings (SSSR count). The highest BCUT2D eigenvalue weighted by atomic mass is 16.5. The van der Waals surface area contributed by atoms with Crippen molar-refractivity contribution < 1.29 is 9.53 Å². The van der Waals surface area contributed by atoms with Gasteiger partial charge in [0, 0.05) is 17.4 Å². The van der Waals surface area contributed by atoms with Crippen LogP contribution in [0, 0.1) is 6.92 Å². The second-order valence-corrected chi connectivity index (χ2v) is 6.00. The standard InChI is InChI=1S/C21H21N3O2/c1-15(26-14-17-7-4-3-5-8-17)21(25)24-19-10-6-9-18(13-19)20-11-12-22-16(2)23-20/h3-13,15H,14H2,1-2H3,(H,24,25). The Hall–Kier alpha value is -3.05. The van der Waals surface area contributed by atoms with Gasteiger partial charge in [0.05, 0.1) is 12.3 Å². The normalized spacial score (nSPS) is 11.8. The first-order valence-electron chi connectivity index (χ1n) is 8.48. The molecule has 0 spiro atoms. The SMILES string of the molecule is Cc1nccc(-c2cccc(NC(=O)C(C)OCc3ccccc3)c2)n1. The fraction of sp³-hybridized carbons (Fsp3) is 0.190. The van der Waals surface area contributed by atoms with E-state index in [1.54, 1.807) is 13.1 Å². The summed E-state index contributed by atoms with van der Waals surface area (Å²) in [4.78, 5) is 20.9. The van der Waals surface area contributed by atoms with Gasteiger partial charge in [-0.3, -0.25) is 4.79 Å². The van der Waals surface area contributed by atoms with Crippen molar-refractivity contribution in [3.05, 3.63) is 78.2 Å². The van der Waals surface area contributed by atoms with Crippen molar-refractivity contribution in [3.8, 4) is 11.3 Å². The van der Waals surface area contributed by atoms with Crippen LogP contribution in [0.3, 0.4) is 0 Å². The molecule has 1 atom stereocenters. The van der Waals surface area contributed by atoms with Gasteiger partial charge in [0.2, 0.25) is 0 Å². The molecule has 0 aliphatic heterocycles. The van der Waals surface area contributed by atoms with Crippen LogP contribution in [-0.2, 0) is 16.1 Å². The number of nitrogens with one attached hydrogen (secondary N) is 1. The third-order valence-corrected chi connectivity index (χ3v) is 3.91. The van der Waals surface area contributed by atoms with Crippen molar-refractivity contribution in [2.24, 2.45) is 0 Å². The minimum Gasteiger partial charge on any atom is -0.364 e. The maximum atomic E-state index is 12.4. The summed E-state index contributed by atoms with van der Waals surface area (Å²) in [7, 11) is 0. The third-order valence-electron chi connectivity index (χ3n) is 3.91. The van der Waals surface area contributed by atoms with E-state index in [-0.39, 0.29) is 5.91 Å². The van der Waals surface area contributed by atoms with E-state index >= 15 is 0 Å². The van der Waals surface area contributed by atoms with Gasteiger partial charge < -0.3 is 10.1 Å². The molecule has 1 amide bonds. The fourth-order valence-corrected chi connectivity index (χ4v) is 2.49. The number of carbonyl (C=O) groups excluding carboxylic acids is 1. The van der Waals surface area contributed by atoms with Crippen LogP contribution in [0.1, 0.15) is 18.3 Å². The zero-order valence-corrected chi connectivity index (χ0v) is 14.8. The molecule has 1 heterocycles. The highest BCUT2D eigenvalue weighted by Crippen LogP contribution is 2.21. The van der Waals surface area contributed by atoms with Crippen molar-refractivity contribution in [1.82, 2.24) is 9.97 Å². The molecule has 1 unspecified atom stereocenters. The Bertz CT molecular complexity index is 881. The number of hydrogen-bond acceptors (Lipinski definition) is 4. The Labute approximate surface area is 153 Å². The highest BCUT2D eigenvalue weighted by molar-refractivity contribution is 5.94. The van der Waals surface area contributed by atoms with Gasteiger partial charge in [0.1, 0.15) is 11.9 Å². The first-order chi connectivity index (χ1) is 12.6. The monoisotopic (exact) mass is 347 g/mol. The van der Waals surface area contributed by atoms with Crippen molar-refractivity contribution in [2.75, 3.05) is 5.32 Å². The Morgan fingerprint density at radius 2 is 1.92 bits per heavy atom. The highest BCUT2D eigenvalue weighted by Gasteiger charge is 2.14.